The minimum atomic E-state index is -0.549. The number of anilines is 1. The van der Waals surface area contributed by atoms with E-state index in [1.165, 1.54) is 6.20 Å². The molecule has 0 spiro atoms. The van der Waals surface area contributed by atoms with Gasteiger partial charge in [0.2, 0.25) is 0 Å². The molecule has 0 saturated carbocycles. The van der Waals surface area contributed by atoms with Crippen molar-refractivity contribution in [2.75, 3.05) is 11.9 Å². The summed E-state index contributed by atoms with van der Waals surface area (Å²) < 4.78 is 5.72. The van der Waals surface area contributed by atoms with E-state index < -0.39 is 18.5 Å². The molecule has 108 valence electrons. The van der Waals surface area contributed by atoms with Gasteiger partial charge in [-0.15, -0.1) is 0 Å². The number of esters is 1. The Hall–Kier alpha value is -1.67. The number of aromatic nitrogens is 1. The first-order valence-electron chi connectivity index (χ1n) is 5.90. The summed E-state index contributed by atoms with van der Waals surface area (Å²) in [5.74, 6) is -1.03. The maximum absolute atomic E-state index is 11.8. The van der Waals surface area contributed by atoms with Crippen LogP contribution in [0.4, 0.5) is 5.69 Å². The van der Waals surface area contributed by atoms with Gasteiger partial charge < -0.3 is 10.1 Å². The number of ether oxygens (including phenoxy) is 1. The average molecular weight is 417 g/mol. The summed E-state index contributed by atoms with van der Waals surface area (Å²) >= 11 is 7.84. The second-order valence-electron chi connectivity index (χ2n) is 3.95. The second-order valence-corrected chi connectivity index (χ2v) is 5.47. The van der Waals surface area contributed by atoms with Crippen molar-refractivity contribution in [2.24, 2.45) is 0 Å². The lowest BCUT2D eigenvalue weighted by atomic mass is 10.2. The molecule has 1 heterocycles. The van der Waals surface area contributed by atoms with E-state index in [1.54, 1.807) is 30.3 Å². The molecule has 2 aromatic rings. The molecule has 21 heavy (non-hydrogen) atoms. The van der Waals surface area contributed by atoms with Crippen LogP contribution >= 0.6 is 34.2 Å². The molecule has 0 unspecified atom stereocenters. The highest BCUT2D eigenvalue weighted by atomic mass is 127. The molecule has 0 aliphatic rings. The van der Waals surface area contributed by atoms with Gasteiger partial charge in [-0.1, -0.05) is 23.7 Å². The summed E-state index contributed by atoms with van der Waals surface area (Å²) in [5, 5.41) is 2.69. The van der Waals surface area contributed by atoms with Crippen LogP contribution in [0.25, 0.3) is 0 Å². The van der Waals surface area contributed by atoms with Crippen molar-refractivity contribution >= 4 is 51.8 Å². The summed E-state index contributed by atoms with van der Waals surface area (Å²) in [6.07, 6.45) is 1.51. The number of nitrogens with zero attached hydrogens (tertiary/aromatic N) is 1. The lowest BCUT2D eigenvalue weighted by molar-refractivity contribution is -0.119. The number of halogens is 2. The molecule has 1 aromatic carbocycles. The molecule has 0 atom stereocenters. The Kier molecular flexibility index (Phi) is 5.51. The van der Waals surface area contributed by atoms with Gasteiger partial charge in [-0.25, -0.2) is 9.78 Å². The Balaban J connectivity index is 1.91. The summed E-state index contributed by atoms with van der Waals surface area (Å²) in [6, 6.07) is 10.2. The highest BCUT2D eigenvalue weighted by molar-refractivity contribution is 14.1. The van der Waals surface area contributed by atoms with Crippen LogP contribution in [0.15, 0.2) is 42.6 Å². The summed E-state index contributed by atoms with van der Waals surface area (Å²) in [5.41, 5.74) is 0.791. The van der Waals surface area contributed by atoms with Crippen LogP contribution in [-0.2, 0) is 9.53 Å². The number of nitrogens with one attached hydrogen (secondary N) is 1. The fourth-order valence-corrected chi connectivity index (χ4v) is 2.28. The predicted molar refractivity (Wildman–Crippen MR) is 87.3 cm³/mol. The Morgan fingerprint density at radius 3 is 2.71 bits per heavy atom. The van der Waals surface area contributed by atoms with Crippen LogP contribution in [0.1, 0.15) is 10.4 Å². The zero-order chi connectivity index (χ0) is 15.2. The number of hydrogen-bond donors (Lipinski definition) is 1. The number of hydrogen-bond acceptors (Lipinski definition) is 4. The van der Waals surface area contributed by atoms with Gasteiger partial charge in [0.15, 0.2) is 11.8 Å². The molecule has 0 aliphatic carbocycles. The second kappa shape index (κ2) is 7.37. The fourth-order valence-electron chi connectivity index (χ4n) is 1.50. The summed E-state index contributed by atoms with van der Waals surface area (Å²) in [7, 11) is 0. The number of rotatable bonds is 4. The minimum Gasteiger partial charge on any atom is -0.452 e. The molecule has 0 aliphatic heterocycles. The van der Waals surface area contributed by atoms with E-state index in [1.807, 2.05) is 28.7 Å². The van der Waals surface area contributed by atoms with Crippen LogP contribution in [0.3, 0.4) is 0 Å². The number of benzene rings is 1. The van der Waals surface area contributed by atoms with Crippen molar-refractivity contribution in [1.82, 2.24) is 4.98 Å². The highest BCUT2D eigenvalue weighted by Gasteiger charge is 2.13. The highest BCUT2D eigenvalue weighted by Crippen LogP contribution is 2.17. The first-order chi connectivity index (χ1) is 10.1. The van der Waals surface area contributed by atoms with E-state index in [0.29, 0.717) is 11.3 Å². The SMILES string of the molecule is O=C(COC(=O)c1ccccc1I)Nc1cccnc1Cl. The van der Waals surface area contributed by atoms with E-state index in [9.17, 15) is 9.59 Å². The monoisotopic (exact) mass is 416 g/mol. The predicted octanol–water partition coefficient (Wildman–Crippen LogP) is 3.14. The Morgan fingerprint density at radius 2 is 2.00 bits per heavy atom. The Labute approximate surface area is 139 Å². The van der Waals surface area contributed by atoms with E-state index >= 15 is 0 Å². The maximum atomic E-state index is 11.8. The molecule has 0 fully saturated rings. The van der Waals surface area contributed by atoms with E-state index in [4.69, 9.17) is 16.3 Å². The molecular formula is C14H10ClIN2O3. The van der Waals surface area contributed by atoms with Gasteiger partial charge >= 0.3 is 5.97 Å². The van der Waals surface area contributed by atoms with Gasteiger partial charge in [-0.3, -0.25) is 4.79 Å². The number of carbonyl (C=O) groups is 2. The van der Waals surface area contributed by atoms with Gasteiger partial charge in [0, 0.05) is 9.77 Å². The molecule has 2 rings (SSSR count). The first-order valence-corrected chi connectivity index (χ1v) is 7.35. The standard InChI is InChI=1S/C14H10ClIN2O3/c15-13-11(6-3-7-17-13)18-12(19)8-21-14(20)9-4-1-2-5-10(9)16/h1-7H,8H2,(H,18,19). The zero-order valence-electron chi connectivity index (χ0n) is 10.7. The van der Waals surface area contributed by atoms with Crippen molar-refractivity contribution in [2.45, 2.75) is 0 Å². The molecule has 0 saturated heterocycles. The number of pyridine rings is 1. The molecular weight excluding hydrogens is 407 g/mol. The van der Waals surface area contributed by atoms with Gasteiger partial charge in [0.05, 0.1) is 11.3 Å². The molecule has 1 N–H and O–H groups in total. The third-order valence-corrected chi connectivity index (χ3v) is 3.70. The maximum Gasteiger partial charge on any atom is 0.339 e. The Morgan fingerprint density at radius 1 is 1.24 bits per heavy atom. The summed E-state index contributed by atoms with van der Waals surface area (Å²) in [6.45, 7) is -0.394. The van der Waals surface area contributed by atoms with Gasteiger partial charge in [-0.05, 0) is 46.9 Å². The molecule has 0 radical (unpaired) electrons. The van der Waals surface area contributed by atoms with Gasteiger partial charge in [0.1, 0.15) is 0 Å². The largest absolute Gasteiger partial charge is 0.452 e. The zero-order valence-corrected chi connectivity index (χ0v) is 13.6. The van der Waals surface area contributed by atoms with Crippen LogP contribution < -0.4 is 5.32 Å². The van der Waals surface area contributed by atoms with Crippen LogP contribution in [0.5, 0.6) is 0 Å². The van der Waals surface area contributed by atoms with Gasteiger partial charge in [0.25, 0.3) is 5.91 Å². The van der Waals surface area contributed by atoms with Crippen LogP contribution in [0, 0.1) is 3.57 Å². The smallest absolute Gasteiger partial charge is 0.339 e. The van der Waals surface area contributed by atoms with E-state index in [0.717, 1.165) is 3.57 Å². The normalized spacial score (nSPS) is 10.0. The van der Waals surface area contributed by atoms with Crippen LogP contribution in [-0.4, -0.2) is 23.5 Å². The van der Waals surface area contributed by atoms with Crippen molar-refractivity contribution in [3.05, 3.63) is 56.9 Å². The van der Waals surface area contributed by atoms with Crippen LogP contribution in [0.2, 0.25) is 5.15 Å². The number of amides is 1. The fraction of sp³-hybridized carbons (Fsp3) is 0.0714. The van der Waals surface area contributed by atoms with E-state index in [2.05, 4.69) is 10.3 Å². The lowest BCUT2D eigenvalue weighted by Crippen LogP contribution is -2.21. The topological polar surface area (TPSA) is 68.3 Å². The van der Waals surface area contributed by atoms with E-state index in [-0.39, 0.29) is 5.15 Å². The van der Waals surface area contributed by atoms with Crippen molar-refractivity contribution in [3.63, 3.8) is 0 Å². The minimum absolute atomic E-state index is 0.176. The quantitative estimate of drug-likeness (QED) is 0.472. The molecule has 1 aromatic heterocycles. The molecule has 5 nitrogen and oxygen atoms in total. The Bertz CT molecular complexity index is 679. The number of carbonyl (C=O) groups excluding carboxylic acids is 2. The summed E-state index contributed by atoms with van der Waals surface area (Å²) in [4.78, 5) is 27.4. The average Bonchev–Trinajstić information content (AvgIpc) is 2.48. The van der Waals surface area contributed by atoms with Crippen molar-refractivity contribution in [3.8, 4) is 0 Å². The van der Waals surface area contributed by atoms with Crippen molar-refractivity contribution < 1.29 is 14.3 Å². The first kappa shape index (κ1) is 15.7. The molecule has 0 bridgehead atoms. The van der Waals surface area contributed by atoms with Gasteiger partial charge in [-0.2, -0.15) is 0 Å². The third kappa shape index (κ3) is 4.40. The molecule has 1 amide bonds. The lowest BCUT2D eigenvalue weighted by Gasteiger charge is -2.08. The molecule has 7 heteroatoms. The van der Waals surface area contributed by atoms with Crippen molar-refractivity contribution in [1.29, 1.82) is 0 Å². The third-order valence-electron chi connectivity index (χ3n) is 2.46.